The third-order valence-electron chi connectivity index (χ3n) is 4.59. The number of imide groups is 1. The Hall–Kier alpha value is -2.93. The van der Waals surface area contributed by atoms with Crippen molar-refractivity contribution in [2.75, 3.05) is 27.9 Å². The number of amides is 2. The molecule has 1 fully saturated rings. The number of thioether (sulfide) groups is 1. The van der Waals surface area contributed by atoms with E-state index in [1.807, 2.05) is 30.3 Å². The fraction of sp³-hybridized carbons (Fsp3) is 0.273. The molecule has 0 spiro atoms. The smallest absolute Gasteiger partial charge is 0.293 e. The highest BCUT2D eigenvalue weighted by Crippen LogP contribution is 2.39. The van der Waals surface area contributed by atoms with Crippen LogP contribution in [0.4, 0.5) is 4.79 Å². The van der Waals surface area contributed by atoms with Gasteiger partial charge in [0.15, 0.2) is 0 Å². The number of nitrogens with zero attached hydrogens (tertiary/aromatic N) is 1. The number of methoxy groups -OCH3 is 3. The molecule has 2 aromatic carbocycles. The molecule has 1 aliphatic rings. The normalized spacial score (nSPS) is 15.1. The van der Waals surface area contributed by atoms with Gasteiger partial charge in [-0.25, -0.2) is 0 Å². The Labute approximate surface area is 174 Å². The predicted molar refractivity (Wildman–Crippen MR) is 114 cm³/mol. The summed E-state index contributed by atoms with van der Waals surface area (Å²) in [4.78, 5) is 26.8. The van der Waals surface area contributed by atoms with Crippen LogP contribution in [-0.4, -0.2) is 43.9 Å². The molecule has 0 saturated carbocycles. The van der Waals surface area contributed by atoms with E-state index in [-0.39, 0.29) is 11.1 Å². The van der Waals surface area contributed by atoms with Gasteiger partial charge in [0, 0.05) is 18.7 Å². The first-order valence-corrected chi connectivity index (χ1v) is 9.98. The van der Waals surface area contributed by atoms with Crippen LogP contribution in [0, 0.1) is 0 Å². The summed E-state index contributed by atoms with van der Waals surface area (Å²) in [5.74, 6) is 1.27. The summed E-state index contributed by atoms with van der Waals surface area (Å²) in [5.41, 5.74) is 1.77. The standard InChI is InChI=1S/C22H23NO5S/c1-26-16-12-18(27-2)17(19(13-16)28-3)14-20-21(24)23(22(25)29-20)11-7-10-15-8-5-4-6-9-15/h4-6,8-9,12-14H,7,10-11H2,1-3H3/b20-14+. The molecule has 1 aliphatic heterocycles. The Balaban J connectivity index is 1.77. The molecule has 0 bridgehead atoms. The minimum atomic E-state index is -0.298. The number of hydrogen-bond donors (Lipinski definition) is 0. The zero-order valence-electron chi connectivity index (χ0n) is 16.6. The quantitative estimate of drug-likeness (QED) is 0.599. The molecule has 1 heterocycles. The van der Waals surface area contributed by atoms with E-state index >= 15 is 0 Å². The Morgan fingerprint density at radius 1 is 0.966 bits per heavy atom. The highest BCUT2D eigenvalue weighted by atomic mass is 32.2. The third-order valence-corrected chi connectivity index (χ3v) is 5.50. The van der Waals surface area contributed by atoms with Crippen molar-refractivity contribution in [2.24, 2.45) is 0 Å². The first-order chi connectivity index (χ1) is 14.1. The molecule has 3 rings (SSSR count). The number of ether oxygens (including phenoxy) is 3. The lowest BCUT2D eigenvalue weighted by Gasteiger charge is -2.13. The molecular weight excluding hydrogens is 390 g/mol. The molecule has 0 N–H and O–H groups in total. The molecule has 0 aliphatic carbocycles. The Morgan fingerprint density at radius 3 is 2.21 bits per heavy atom. The second-order valence-electron chi connectivity index (χ2n) is 6.37. The van der Waals surface area contributed by atoms with Crippen LogP contribution in [0.1, 0.15) is 17.5 Å². The monoisotopic (exact) mass is 413 g/mol. The van der Waals surface area contributed by atoms with Crippen molar-refractivity contribution in [3.05, 3.63) is 58.5 Å². The third kappa shape index (κ3) is 4.74. The average Bonchev–Trinajstić information content (AvgIpc) is 3.01. The number of hydrogen-bond acceptors (Lipinski definition) is 6. The summed E-state index contributed by atoms with van der Waals surface area (Å²) in [7, 11) is 4.61. The van der Waals surface area contributed by atoms with Crippen LogP contribution in [0.2, 0.25) is 0 Å². The molecule has 152 valence electrons. The molecule has 1 saturated heterocycles. The van der Waals surface area contributed by atoms with E-state index in [4.69, 9.17) is 14.2 Å². The van der Waals surface area contributed by atoms with Gasteiger partial charge >= 0.3 is 0 Å². The number of carbonyl (C=O) groups is 2. The summed E-state index contributed by atoms with van der Waals surface area (Å²) in [6, 6.07) is 13.4. The van der Waals surface area contributed by atoms with Gasteiger partial charge < -0.3 is 14.2 Å². The van der Waals surface area contributed by atoms with Crippen molar-refractivity contribution in [3.8, 4) is 17.2 Å². The maximum atomic E-state index is 12.8. The summed E-state index contributed by atoms with van der Waals surface area (Å²) in [6.07, 6.45) is 3.16. The van der Waals surface area contributed by atoms with Gasteiger partial charge in [0.2, 0.25) is 0 Å². The van der Waals surface area contributed by atoms with Crippen LogP contribution >= 0.6 is 11.8 Å². The first-order valence-electron chi connectivity index (χ1n) is 9.16. The summed E-state index contributed by atoms with van der Waals surface area (Å²) >= 11 is 0.927. The lowest BCUT2D eigenvalue weighted by Crippen LogP contribution is -2.29. The van der Waals surface area contributed by atoms with Crippen molar-refractivity contribution in [2.45, 2.75) is 12.8 Å². The number of rotatable bonds is 8. The molecule has 7 heteroatoms. The van der Waals surface area contributed by atoms with Crippen LogP contribution in [0.15, 0.2) is 47.4 Å². The number of carbonyl (C=O) groups excluding carboxylic acids is 2. The van der Waals surface area contributed by atoms with Crippen molar-refractivity contribution in [1.82, 2.24) is 4.90 Å². The van der Waals surface area contributed by atoms with E-state index in [0.717, 1.165) is 18.2 Å². The van der Waals surface area contributed by atoms with Crippen LogP contribution < -0.4 is 14.2 Å². The molecular formula is C22H23NO5S. The largest absolute Gasteiger partial charge is 0.496 e. The SMILES string of the molecule is COc1cc(OC)c(/C=C2/SC(=O)N(CCCc3ccccc3)C2=O)c(OC)c1. The van der Waals surface area contributed by atoms with E-state index in [2.05, 4.69) is 0 Å². The highest BCUT2D eigenvalue weighted by Gasteiger charge is 2.35. The van der Waals surface area contributed by atoms with Gasteiger partial charge in [0.1, 0.15) is 17.2 Å². The van der Waals surface area contributed by atoms with Crippen LogP contribution in [0.5, 0.6) is 17.2 Å². The summed E-state index contributed by atoms with van der Waals surface area (Å²) in [5, 5.41) is -0.263. The number of aryl methyl sites for hydroxylation is 1. The minimum Gasteiger partial charge on any atom is -0.496 e. The van der Waals surface area contributed by atoms with Crippen molar-refractivity contribution in [1.29, 1.82) is 0 Å². The van der Waals surface area contributed by atoms with E-state index in [9.17, 15) is 9.59 Å². The van der Waals surface area contributed by atoms with E-state index in [1.165, 1.54) is 24.7 Å². The van der Waals surface area contributed by atoms with Crippen molar-refractivity contribution >= 4 is 29.0 Å². The minimum absolute atomic E-state index is 0.263. The van der Waals surface area contributed by atoms with Crippen LogP contribution in [0.3, 0.4) is 0 Å². The van der Waals surface area contributed by atoms with Gasteiger partial charge in [-0.05, 0) is 36.2 Å². The van der Waals surface area contributed by atoms with Crippen LogP contribution in [0.25, 0.3) is 6.08 Å². The first kappa shape index (κ1) is 20.8. The van der Waals surface area contributed by atoms with E-state index in [0.29, 0.717) is 40.7 Å². The Bertz CT molecular complexity index is 901. The number of benzene rings is 2. The zero-order chi connectivity index (χ0) is 20.8. The summed E-state index contributed by atoms with van der Waals surface area (Å²) < 4.78 is 16.1. The van der Waals surface area contributed by atoms with Gasteiger partial charge in [-0.3, -0.25) is 14.5 Å². The van der Waals surface area contributed by atoms with Gasteiger partial charge in [-0.2, -0.15) is 0 Å². The fourth-order valence-electron chi connectivity index (χ4n) is 3.08. The van der Waals surface area contributed by atoms with E-state index < -0.39 is 0 Å². The topological polar surface area (TPSA) is 65.1 Å². The second-order valence-corrected chi connectivity index (χ2v) is 7.36. The molecule has 0 aromatic heterocycles. The van der Waals surface area contributed by atoms with Gasteiger partial charge in [-0.1, -0.05) is 30.3 Å². The van der Waals surface area contributed by atoms with E-state index in [1.54, 1.807) is 25.3 Å². The summed E-state index contributed by atoms with van der Waals surface area (Å²) in [6.45, 7) is 0.383. The molecule has 6 nitrogen and oxygen atoms in total. The molecule has 0 radical (unpaired) electrons. The molecule has 29 heavy (non-hydrogen) atoms. The lowest BCUT2D eigenvalue weighted by molar-refractivity contribution is -0.122. The average molecular weight is 413 g/mol. The van der Waals surface area contributed by atoms with Crippen LogP contribution in [-0.2, 0) is 11.2 Å². The molecule has 2 amide bonds. The predicted octanol–water partition coefficient (Wildman–Crippen LogP) is 4.38. The lowest BCUT2D eigenvalue weighted by atomic mass is 10.1. The highest BCUT2D eigenvalue weighted by molar-refractivity contribution is 8.18. The molecule has 0 unspecified atom stereocenters. The maximum Gasteiger partial charge on any atom is 0.293 e. The molecule has 0 atom stereocenters. The zero-order valence-corrected chi connectivity index (χ0v) is 17.5. The Morgan fingerprint density at radius 2 is 1.62 bits per heavy atom. The second kappa shape index (κ2) is 9.52. The van der Waals surface area contributed by atoms with Gasteiger partial charge in [0.25, 0.3) is 11.1 Å². The van der Waals surface area contributed by atoms with Gasteiger partial charge in [-0.15, -0.1) is 0 Å². The van der Waals surface area contributed by atoms with Crippen molar-refractivity contribution < 1.29 is 23.8 Å². The Kier molecular flexibility index (Phi) is 6.82. The fourth-order valence-corrected chi connectivity index (χ4v) is 3.93. The van der Waals surface area contributed by atoms with Gasteiger partial charge in [0.05, 0.1) is 31.8 Å². The maximum absolute atomic E-state index is 12.8. The molecule has 2 aromatic rings. The van der Waals surface area contributed by atoms with Crippen molar-refractivity contribution in [3.63, 3.8) is 0 Å².